The summed E-state index contributed by atoms with van der Waals surface area (Å²) in [5.74, 6) is -2.84. The highest BCUT2D eigenvalue weighted by atomic mass is 32.2. The standard InChI is InChI=1S/C41H65N7O10S.CH3FS/c1-12-32-41(8)35(47(39(53)58-41)17-14-13-16-46-23-29(43-44-46)36-42-15-18-59-36)27(5)48(28(6)49)22-24(2)21-40(7,54-11)33(20-31(50)26(4)37(52)56-32)57-38-34(51)30(45(9)10)19-25(3)55-38;1-3-2/h15,18,23-27,30,32-35,38,51H,12-14,16-17,19-22H2,1-11H3;1H3/t24-,25?,26-,27-,30?,32-,33-,34?,35-,38+,40+,41-;/m1./s1. The van der Waals surface area contributed by atoms with Gasteiger partial charge in [-0.25, -0.2) is 9.78 Å². The molecule has 17 nitrogen and oxygen atoms in total. The predicted octanol–water partition coefficient (Wildman–Crippen LogP) is 5.41. The average Bonchev–Trinajstić information content (AvgIpc) is 3.98. The Morgan fingerprint density at radius 1 is 1.15 bits per heavy atom. The van der Waals surface area contributed by atoms with E-state index in [0.29, 0.717) is 44.5 Å². The summed E-state index contributed by atoms with van der Waals surface area (Å²) >= 11 is 1.73. The van der Waals surface area contributed by atoms with Crippen molar-refractivity contribution in [1.29, 1.82) is 0 Å². The van der Waals surface area contributed by atoms with Gasteiger partial charge < -0.3 is 38.6 Å². The van der Waals surface area contributed by atoms with Gasteiger partial charge in [0, 0.05) is 76.1 Å². The summed E-state index contributed by atoms with van der Waals surface area (Å²) in [4.78, 5) is 65.3. The predicted molar refractivity (Wildman–Crippen MR) is 233 cm³/mol. The Morgan fingerprint density at radius 3 is 2.42 bits per heavy atom. The maximum Gasteiger partial charge on any atom is 0.410 e. The number of esters is 1. The normalized spacial score (nSPS) is 33.8. The summed E-state index contributed by atoms with van der Waals surface area (Å²) in [7, 11) is 5.30. The number of unbranched alkanes of at least 4 members (excludes halogenated alkanes) is 1. The molecule has 1 N–H and O–H groups in total. The van der Waals surface area contributed by atoms with E-state index in [9.17, 15) is 28.2 Å². The zero-order valence-corrected chi connectivity index (χ0v) is 39.9. The number of aromatic nitrogens is 4. The number of ketones is 1. The Balaban J connectivity index is 0.00000273. The third-order valence-electron chi connectivity index (χ3n) is 12.5. The molecule has 5 rings (SSSR count). The summed E-state index contributed by atoms with van der Waals surface area (Å²) in [5, 5.41) is 22.5. The monoisotopic (exact) mass is 913 g/mol. The molecule has 0 saturated carbocycles. The van der Waals surface area contributed by atoms with Crippen molar-refractivity contribution in [2.45, 2.75) is 160 Å². The highest BCUT2D eigenvalue weighted by Gasteiger charge is 2.59. The first-order valence-corrected chi connectivity index (χ1v) is 23.4. The molecule has 3 aliphatic rings. The quantitative estimate of drug-likeness (QED) is 0.171. The lowest BCUT2D eigenvalue weighted by atomic mass is 9.82. The number of rotatable bonds is 11. The number of methoxy groups -OCH3 is 1. The Bertz CT molecular complexity index is 1780. The number of nitrogens with zero attached hydrogens (tertiary/aromatic N) is 7. The van der Waals surface area contributed by atoms with Crippen LogP contribution in [0.2, 0.25) is 0 Å². The van der Waals surface area contributed by atoms with Gasteiger partial charge in [-0.1, -0.05) is 19.1 Å². The molecule has 3 unspecified atom stereocenters. The van der Waals surface area contributed by atoms with Gasteiger partial charge in [0.1, 0.15) is 34.6 Å². The van der Waals surface area contributed by atoms with Crippen LogP contribution in [0.4, 0.5) is 8.68 Å². The molecule has 0 bridgehead atoms. The van der Waals surface area contributed by atoms with Crippen molar-refractivity contribution in [3.63, 3.8) is 0 Å². The van der Waals surface area contributed by atoms with Gasteiger partial charge in [0.2, 0.25) is 5.91 Å². The van der Waals surface area contributed by atoms with E-state index in [2.05, 4.69) is 15.3 Å². The second-order valence-electron chi connectivity index (χ2n) is 17.4. The molecular weight excluding hydrogens is 846 g/mol. The molecule has 62 heavy (non-hydrogen) atoms. The summed E-state index contributed by atoms with van der Waals surface area (Å²) in [6.45, 7) is 15.3. The summed E-state index contributed by atoms with van der Waals surface area (Å²) in [6.07, 6.45) is 2.32. The van der Waals surface area contributed by atoms with Crippen molar-refractivity contribution in [3.8, 4) is 10.7 Å². The fourth-order valence-electron chi connectivity index (χ4n) is 9.12. The van der Waals surface area contributed by atoms with E-state index in [1.807, 2.05) is 65.2 Å². The van der Waals surface area contributed by atoms with Crippen molar-refractivity contribution < 1.29 is 51.9 Å². The number of fused-ring (bicyclic) bond motifs is 1. The molecule has 2 amide bonds. The minimum absolute atomic E-state index is 0.208. The molecule has 3 aliphatic heterocycles. The number of aryl methyl sites for hydroxylation is 1. The second kappa shape index (κ2) is 22.6. The van der Waals surface area contributed by atoms with Crippen LogP contribution in [0.3, 0.4) is 0 Å². The summed E-state index contributed by atoms with van der Waals surface area (Å²) < 4.78 is 43.2. The molecule has 0 spiro atoms. The number of carbonyl (C=O) groups is 4. The van der Waals surface area contributed by atoms with Crippen LogP contribution >= 0.6 is 23.5 Å². The average molecular weight is 914 g/mol. The molecule has 3 fully saturated rings. The first-order valence-electron chi connectivity index (χ1n) is 21.4. The van der Waals surface area contributed by atoms with E-state index in [1.165, 1.54) is 38.5 Å². The van der Waals surface area contributed by atoms with Crippen molar-refractivity contribution in [2.75, 3.05) is 40.6 Å². The van der Waals surface area contributed by atoms with Crippen LogP contribution in [0, 0.1) is 11.8 Å². The van der Waals surface area contributed by atoms with E-state index in [1.54, 1.807) is 27.6 Å². The van der Waals surface area contributed by atoms with Crippen molar-refractivity contribution in [2.24, 2.45) is 11.8 Å². The summed E-state index contributed by atoms with van der Waals surface area (Å²) in [5.41, 5.74) is -1.82. The highest BCUT2D eigenvalue weighted by Crippen LogP contribution is 2.41. The largest absolute Gasteiger partial charge is 0.458 e. The zero-order valence-electron chi connectivity index (χ0n) is 38.3. The molecule has 0 aliphatic carbocycles. The molecule has 350 valence electrons. The smallest absolute Gasteiger partial charge is 0.410 e. The zero-order chi connectivity index (χ0) is 46.1. The number of thiazole rings is 1. The van der Waals surface area contributed by atoms with Gasteiger partial charge in [0.25, 0.3) is 0 Å². The van der Waals surface area contributed by atoms with Gasteiger partial charge in [-0.15, -0.1) is 16.4 Å². The minimum Gasteiger partial charge on any atom is -0.458 e. The van der Waals surface area contributed by atoms with E-state index in [-0.39, 0.29) is 55.5 Å². The minimum atomic E-state index is -1.38. The van der Waals surface area contributed by atoms with Gasteiger partial charge >= 0.3 is 12.1 Å². The Labute approximate surface area is 374 Å². The van der Waals surface area contributed by atoms with Crippen LogP contribution in [0.5, 0.6) is 0 Å². The number of Topliss-reactive ketones (excluding diaryl/α,β-unsaturated/α-hetero) is 1. The Hall–Kier alpha value is -3.27. The number of aliphatic hydroxyl groups excluding tert-OH is 1. The summed E-state index contributed by atoms with van der Waals surface area (Å²) in [6, 6.07) is -1.56. The van der Waals surface area contributed by atoms with Gasteiger partial charge in [0.15, 0.2) is 11.9 Å². The van der Waals surface area contributed by atoms with Crippen LogP contribution in [0.1, 0.15) is 93.9 Å². The van der Waals surface area contributed by atoms with E-state index < -0.39 is 71.7 Å². The van der Waals surface area contributed by atoms with Crippen LogP contribution < -0.4 is 0 Å². The lowest BCUT2D eigenvalue weighted by molar-refractivity contribution is -0.289. The number of likely N-dealkylation sites (N-methyl/N-ethyl adjacent to an activating group) is 1. The van der Waals surface area contributed by atoms with E-state index >= 15 is 0 Å². The fraction of sp³-hybridized carbons (Fsp3) is 0.786. The first-order chi connectivity index (χ1) is 29.2. The number of cyclic esters (lactones) is 1. The molecular formula is C42H68FN7O10S2. The third-order valence-corrected chi connectivity index (χ3v) is 13.3. The maximum atomic E-state index is 14.1. The molecule has 0 aromatic carbocycles. The Morgan fingerprint density at radius 2 is 1.82 bits per heavy atom. The molecule has 20 heteroatoms. The molecule has 5 heterocycles. The number of halogens is 1. The second-order valence-corrected chi connectivity index (χ2v) is 18.6. The number of hydrogen-bond acceptors (Lipinski definition) is 16. The van der Waals surface area contributed by atoms with Crippen LogP contribution in [-0.2, 0) is 44.6 Å². The maximum absolute atomic E-state index is 14.1. The van der Waals surface area contributed by atoms with Crippen molar-refractivity contribution in [3.05, 3.63) is 17.8 Å². The number of aliphatic hydroxyl groups is 1. The fourth-order valence-corrected chi connectivity index (χ4v) is 9.71. The van der Waals surface area contributed by atoms with E-state index in [4.69, 9.17) is 23.7 Å². The van der Waals surface area contributed by atoms with Gasteiger partial charge in [-0.3, -0.25) is 24.0 Å². The number of hydrogen-bond donors (Lipinski definition) is 1. The molecule has 3 saturated heterocycles. The van der Waals surface area contributed by atoms with Gasteiger partial charge in [0.05, 0.1) is 36.1 Å². The molecule has 12 atom stereocenters. The van der Waals surface area contributed by atoms with Crippen LogP contribution in [0.25, 0.3) is 10.7 Å². The van der Waals surface area contributed by atoms with Gasteiger partial charge in [-0.2, -0.15) is 3.89 Å². The molecule has 0 radical (unpaired) electrons. The highest BCUT2D eigenvalue weighted by molar-refractivity contribution is 7.93. The third kappa shape index (κ3) is 12.1. The van der Waals surface area contributed by atoms with Crippen molar-refractivity contribution in [1.82, 2.24) is 34.7 Å². The topological polar surface area (TPSA) is 188 Å². The van der Waals surface area contributed by atoms with Crippen LogP contribution in [0.15, 0.2) is 17.8 Å². The lowest BCUT2D eigenvalue weighted by Crippen LogP contribution is -2.62. The lowest BCUT2D eigenvalue weighted by Gasteiger charge is -2.46. The van der Waals surface area contributed by atoms with Crippen molar-refractivity contribution >= 4 is 47.2 Å². The van der Waals surface area contributed by atoms with E-state index in [0.717, 1.165) is 5.01 Å². The molecule has 2 aromatic rings. The van der Waals surface area contributed by atoms with Crippen LogP contribution in [-0.4, -0.2) is 164 Å². The van der Waals surface area contributed by atoms with Gasteiger partial charge in [-0.05, 0) is 86.7 Å². The number of ether oxygens (including phenoxy) is 5. The number of amides is 2. The number of carbonyl (C=O) groups excluding carboxylic acids is 4. The first kappa shape index (κ1) is 51.4. The Kier molecular flexibility index (Phi) is 18.7. The SMILES string of the molecule is CC[C@H]1OC(=O)[C@H](C)C(=O)C[C@@H](O[C@@H]2OC(C)CC(N(C)C)C2O)[C@@](C)(OC)C[C@@H](C)CN(C(C)=O)[C@H](C)[C@H]2N(CCCCn3cc(-c4nccs4)nn3)C(=O)O[C@]12C.CSF. The molecule has 2 aromatic heterocycles.